The van der Waals surface area contributed by atoms with Crippen LogP contribution in [0.25, 0.3) is 6.08 Å². The zero-order valence-corrected chi connectivity index (χ0v) is 17.1. The molecule has 9 heteroatoms. The van der Waals surface area contributed by atoms with Gasteiger partial charge < -0.3 is 15.0 Å². The topological polar surface area (TPSA) is 87.3 Å². The van der Waals surface area contributed by atoms with Gasteiger partial charge in [-0.15, -0.1) is 0 Å². The van der Waals surface area contributed by atoms with Gasteiger partial charge in [-0.3, -0.25) is 14.5 Å². The summed E-state index contributed by atoms with van der Waals surface area (Å²) in [7, 11) is 1.59. The van der Waals surface area contributed by atoms with Crippen LogP contribution in [-0.2, 0) is 16.0 Å². The molecule has 1 atom stereocenters. The Hall–Kier alpha value is -2.65. The van der Waals surface area contributed by atoms with E-state index in [1.54, 1.807) is 32.6 Å². The van der Waals surface area contributed by atoms with Gasteiger partial charge in [-0.2, -0.15) is 0 Å². The number of aromatic nitrogens is 2. The van der Waals surface area contributed by atoms with Crippen molar-refractivity contribution in [3.63, 3.8) is 0 Å². The number of thioether (sulfide) groups is 1. The van der Waals surface area contributed by atoms with Crippen molar-refractivity contribution in [3.05, 3.63) is 53.0 Å². The lowest BCUT2D eigenvalue weighted by atomic mass is 10.2. The maximum absolute atomic E-state index is 12.8. The second kappa shape index (κ2) is 9.03. The second-order valence-corrected chi connectivity index (χ2v) is 7.80. The Morgan fingerprint density at radius 1 is 1.50 bits per heavy atom. The average molecular weight is 417 g/mol. The van der Waals surface area contributed by atoms with Gasteiger partial charge in [0.2, 0.25) is 5.91 Å². The predicted molar refractivity (Wildman–Crippen MR) is 113 cm³/mol. The highest BCUT2D eigenvalue weighted by molar-refractivity contribution is 8.26. The average Bonchev–Trinajstić information content (AvgIpc) is 3.29. The van der Waals surface area contributed by atoms with Crippen molar-refractivity contribution in [1.82, 2.24) is 20.2 Å². The summed E-state index contributed by atoms with van der Waals surface area (Å²) in [5.41, 5.74) is 1.76. The number of ether oxygens (including phenoxy) is 1. The van der Waals surface area contributed by atoms with Crippen LogP contribution in [-0.4, -0.2) is 50.7 Å². The molecular weight excluding hydrogens is 396 g/mol. The Kier molecular flexibility index (Phi) is 6.48. The van der Waals surface area contributed by atoms with Crippen molar-refractivity contribution in [2.45, 2.75) is 19.4 Å². The molecule has 7 nitrogen and oxygen atoms in total. The molecule has 0 saturated carbocycles. The van der Waals surface area contributed by atoms with Crippen LogP contribution in [0.1, 0.15) is 18.2 Å². The maximum Gasteiger partial charge on any atom is 0.266 e. The van der Waals surface area contributed by atoms with Crippen LogP contribution < -0.4 is 10.1 Å². The van der Waals surface area contributed by atoms with Crippen LogP contribution in [0.5, 0.6) is 5.75 Å². The molecule has 2 aromatic rings. The highest BCUT2D eigenvalue weighted by atomic mass is 32.2. The van der Waals surface area contributed by atoms with Gasteiger partial charge in [-0.25, -0.2) is 4.98 Å². The zero-order chi connectivity index (χ0) is 20.1. The SMILES string of the molecule is COc1cccc(/C=C2\SC(=S)N([C@@H](C)C(=O)NCCc3cnc[nH]3)C2=O)c1. The summed E-state index contributed by atoms with van der Waals surface area (Å²) in [6.07, 6.45) is 5.69. The van der Waals surface area contributed by atoms with E-state index in [0.29, 0.717) is 27.9 Å². The summed E-state index contributed by atoms with van der Waals surface area (Å²) in [5, 5.41) is 2.83. The Balaban J connectivity index is 1.64. The van der Waals surface area contributed by atoms with Gasteiger partial charge in [0.15, 0.2) is 0 Å². The first-order chi connectivity index (χ1) is 13.5. The molecule has 3 rings (SSSR count). The Morgan fingerprint density at radius 3 is 3.04 bits per heavy atom. The molecule has 0 aliphatic carbocycles. The van der Waals surface area contributed by atoms with E-state index in [-0.39, 0.29) is 11.8 Å². The molecule has 2 heterocycles. The molecule has 2 amide bonds. The number of carbonyl (C=O) groups excluding carboxylic acids is 2. The summed E-state index contributed by atoms with van der Waals surface area (Å²) in [6, 6.07) is 6.70. The lowest BCUT2D eigenvalue weighted by Crippen LogP contribution is -2.47. The molecule has 2 N–H and O–H groups in total. The summed E-state index contributed by atoms with van der Waals surface area (Å²) >= 11 is 6.53. The molecule has 1 aliphatic rings. The van der Waals surface area contributed by atoms with E-state index < -0.39 is 6.04 Å². The Labute approximate surface area is 172 Å². The molecule has 0 bridgehead atoms. The fourth-order valence-corrected chi connectivity index (χ4v) is 4.12. The van der Waals surface area contributed by atoms with Crippen LogP contribution in [0, 0.1) is 0 Å². The third-order valence-electron chi connectivity index (χ3n) is 4.23. The third kappa shape index (κ3) is 4.60. The van der Waals surface area contributed by atoms with E-state index in [1.165, 1.54) is 16.7 Å². The normalized spacial score (nSPS) is 16.5. The molecule has 146 valence electrons. The fourth-order valence-electron chi connectivity index (χ4n) is 2.70. The Morgan fingerprint density at radius 2 is 2.32 bits per heavy atom. The van der Waals surface area contributed by atoms with E-state index in [2.05, 4.69) is 15.3 Å². The number of aromatic amines is 1. The van der Waals surface area contributed by atoms with Gasteiger partial charge in [-0.1, -0.05) is 36.1 Å². The molecule has 28 heavy (non-hydrogen) atoms. The minimum absolute atomic E-state index is 0.251. The predicted octanol–water partition coefficient (Wildman–Crippen LogP) is 2.37. The first kappa shape index (κ1) is 20.1. The molecule has 0 radical (unpaired) electrons. The highest BCUT2D eigenvalue weighted by Crippen LogP contribution is 2.34. The van der Waals surface area contributed by atoms with Gasteiger partial charge in [0.25, 0.3) is 5.91 Å². The summed E-state index contributed by atoms with van der Waals surface area (Å²) < 4.78 is 5.58. The lowest BCUT2D eigenvalue weighted by Gasteiger charge is -2.22. The molecule has 1 aromatic carbocycles. The number of imidazole rings is 1. The number of amides is 2. The molecule has 0 spiro atoms. The van der Waals surface area contributed by atoms with Crippen LogP contribution in [0.2, 0.25) is 0 Å². The quantitative estimate of drug-likeness (QED) is 0.532. The van der Waals surface area contributed by atoms with E-state index >= 15 is 0 Å². The summed E-state index contributed by atoms with van der Waals surface area (Å²) in [6.45, 7) is 2.12. The van der Waals surface area contributed by atoms with Crippen LogP contribution >= 0.6 is 24.0 Å². The summed E-state index contributed by atoms with van der Waals surface area (Å²) in [5.74, 6) is 0.182. The number of hydrogen-bond acceptors (Lipinski definition) is 6. The van der Waals surface area contributed by atoms with Crippen molar-refractivity contribution in [2.24, 2.45) is 0 Å². The van der Waals surface area contributed by atoms with E-state index in [0.717, 1.165) is 11.3 Å². The molecule has 1 fully saturated rings. The van der Waals surface area contributed by atoms with E-state index in [4.69, 9.17) is 17.0 Å². The minimum atomic E-state index is -0.689. The monoisotopic (exact) mass is 416 g/mol. The number of nitrogens with one attached hydrogen (secondary N) is 2. The molecule has 0 unspecified atom stereocenters. The molecule has 1 saturated heterocycles. The van der Waals surface area contributed by atoms with Crippen molar-refractivity contribution < 1.29 is 14.3 Å². The van der Waals surface area contributed by atoms with Crippen molar-refractivity contribution >= 4 is 46.2 Å². The number of rotatable bonds is 7. The van der Waals surface area contributed by atoms with Crippen LogP contribution in [0.15, 0.2) is 41.7 Å². The number of carbonyl (C=O) groups is 2. The first-order valence-corrected chi connectivity index (χ1v) is 9.88. The largest absolute Gasteiger partial charge is 0.497 e. The lowest BCUT2D eigenvalue weighted by molar-refractivity contribution is -0.132. The van der Waals surface area contributed by atoms with Gasteiger partial charge in [0, 0.05) is 24.9 Å². The minimum Gasteiger partial charge on any atom is -0.497 e. The summed E-state index contributed by atoms with van der Waals surface area (Å²) in [4.78, 5) is 34.0. The molecular formula is C19H20N4O3S2. The molecule has 1 aliphatic heterocycles. The molecule has 1 aromatic heterocycles. The van der Waals surface area contributed by atoms with Gasteiger partial charge >= 0.3 is 0 Å². The Bertz CT molecular complexity index is 912. The van der Waals surface area contributed by atoms with Crippen molar-refractivity contribution in [3.8, 4) is 5.75 Å². The van der Waals surface area contributed by atoms with Gasteiger partial charge in [0.1, 0.15) is 16.1 Å². The number of thiocarbonyl (C=S) groups is 1. The van der Waals surface area contributed by atoms with E-state index in [9.17, 15) is 9.59 Å². The third-order valence-corrected chi connectivity index (χ3v) is 5.56. The highest BCUT2D eigenvalue weighted by Gasteiger charge is 2.38. The fraction of sp³-hybridized carbons (Fsp3) is 0.263. The van der Waals surface area contributed by atoms with Gasteiger partial charge in [0.05, 0.1) is 18.3 Å². The van der Waals surface area contributed by atoms with Crippen LogP contribution in [0.3, 0.4) is 0 Å². The van der Waals surface area contributed by atoms with Crippen molar-refractivity contribution in [2.75, 3.05) is 13.7 Å². The van der Waals surface area contributed by atoms with Crippen molar-refractivity contribution in [1.29, 1.82) is 0 Å². The number of nitrogens with zero attached hydrogens (tertiary/aromatic N) is 2. The van der Waals surface area contributed by atoms with E-state index in [1.807, 2.05) is 24.3 Å². The van der Waals surface area contributed by atoms with Gasteiger partial charge in [-0.05, 0) is 30.7 Å². The second-order valence-electron chi connectivity index (χ2n) is 6.12. The standard InChI is InChI=1S/C19H20N4O3S2/c1-12(17(24)21-7-6-14-10-20-11-22-14)23-18(25)16(28-19(23)27)9-13-4-3-5-15(8-13)26-2/h3-5,8-12H,6-7H2,1-2H3,(H,20,22)(H,21,24)/b16-9-/t12-/m0/s1. The number of H-pyrrole nitrogens is 1. The zero-order valence-electron chi connectivity index (χ0n) is 15.5. The first-order valence-electron chi connectivity index (χ1n) is 8.65. The number of methoxy groups -OCH3 is 1. The maximum atomic E-state index is 12.8. The number of hydrogen-bond donors (Lipinski definition) is 2. The smallest absolute Gasteiger partial charge is 0.266 e. The number of benzene rings is 1. The van der Waals surface area contributed by atoms with Crippen LogP contribution in [0.4, 0.5) is 0 Å².